The molecule has 8 nitrogen and oxygen atoms in total. The molecule has 0 aromatic heterocycles. The quantitative estimate of drug-likeness (QED) is 0.572. The molecule has 1 unspecified atom stereocenters. The number of urea groups is 1. The van der Waals surface area contributed by atoms with Crippen LogP contribution in [0.15, 0.2) is 0 Å². The van der Waals surface area contributed by atoms with Gasteiger partial charge in [0.2, 0.25) is 11.8 Å². The standard InChI is InChI=1S/C11H17N3O5/c1-2-5-14(6-9(16)17)11(19)12-7-3-4-8(15)13-10(7)18/h7H,2-6H2,1H3,(H,12,19)(H,16,17)(H,13,15,18). The van der Waals surface area contributed by atoms with E-state index in [1.54, 1.807) is 0 Å². The van der Waals surface area contributed by atoms with Crippen molar-refractivity contribution in [1.29, 1.82) is 0 Å². The van der Waals surface area contributed by atoms with Gasteiger partial charge in [0, 0.05) is 13.0 Å². The number of carbonyl (C=O) groups is 4. The normalized spacial score (nSPS) is 18.7. The minimum Gasteiger partial charge on any atom is -0.480 e. The summed E-state index contributed by atoms with van der Waals surface area (Å²) in [5.74, 6) is -2.05. The molecule has 19 heavy (non-hydrogen) atoms. The lowest BCUT2D eigenvalue weighted by molar-refractivity contribution is -0.137. The van der Waals surface area contributed by atoms with Gasteiger partial charge in [0.05, 0.1) is 0 Å². The van der Waals surface area contributed by atoms with Crippen LogP contribution in [0, 0.1) is 0 Å². The number of carboxylic acids is 1. The smallest absolute Gasteiger partial charge is 0.323 e. The summed E-state index contributed by atoms with van der Waals surface area (Å²) in [6.07, 6.45) is 0.989. The second kappa shape index (κ2) is 6.72. The molecule has 1 atom stereocenters. The molecule has 1 aliphatic heterocycles. The molecule has 1 rings (SSSR count). The Morgan fingerprint density at radius 3 is 2.68 bits per heavy atom. The fourth-order valence-corrected chi connectivity index (χ4v) is 1.76. The molecule has 0 aromatic rings. The Kier molecular flexibility index (Phi) is 5.28. The zero-order valence-corrected chi connectivity index (χ0v) is 10.6. The molecule has 0 saturated carbocycles. The summed E-state index contributed by atoms with van der Waals surface area (Å²) in [6.45, 7) is 1.67. The Bertz CT molecular complexity index is 396. The molecule has 0 spiro atoms. The van der Waals surface area contributed by atoms with E-state index >= 15 is 0 Å². The van der Waals surface area contributed by atoms with Gasteiger partial charge in [0.1, 0.15) is 12.6 Å². The monoisotopic (exact) mass is 271 g/mol. The van der Waals surface area contributed by atoms with E-state index in [0.717, 1.165) is 4.90 Å². The maximum Gasteiger partial charge on any atom is 0.323 e. The lowest BCUT2D eigenvalue weighted by Crippen LogP contribution is -2.55. The van der Waals surface area contributed by atoms with E-state index in [0.29, 0.717) is 6.42 Å². The molecule has 0 bridgehead atoms. The molecule has 0 aliphatic carbocycles. The third-order valence-corrected chi connectivity index (χ3v) is 2.64. The van der Waals surface area contributed by atoms with Gasteiger partial charge in [-0.3, -0.25) is 19.7 Å². The molecule has 1 heterocycles. The van der Waals surface area contributed by atoms with Crippen LogP contribution in [0.25, 0.3) is 0 Å². The van der Waals surface area contributed by atoms with Gasteiger partial charge in [-0.05, 0) is 12.8 Å². The Balaban J connectivity index is 2.58. The van der Waals surface area contributed by atoms with Crippen molar-refractivity contribution < 1.29 is 24.3 Å². The summed E-state index contributed by atoms with van der Waals surface area (Å²) in [6, 6.07) is -1.41. The van der Waals surface area contributed by atoms with E-state index in [2.05, 4.69) is 10.6 Å². The predicted molar refractivity (Wildman–Crippen MR) is 64.2 cm³/mol. The van der Waals surface area contributed by atoms with Crippen LogP contribution in [0.5, 0.6) is 0 Å². The molecular weight excluding hydrogens is 254 g/mol. The van der Waals surface area contributed by atoms with Crippen molar-refractivity contribution in [3.05, 3.63) is 0 Å². The number of imide groups is 1. The van der Waals surface area contributed by atoms with Crippen LogP contribution in [0.4, 0.5) is 4.79 Å². The Labute approximate surface area is 110 Å². The highest BCUT2D eigenvalue weighted by atomic mass is 16.4. The number of piperidine rings is 1. The van der Waals surface area contributed by atoms with Crippen molar-refractivity contribution in [3.8, 4) is 0 Å². The lowest BCUT2D eigenvalue weighted by Gasteiger charge is -2.26. The van der Waals surface area contributed by atoms with E-state index in [4.69, 9.17) is 5.11 Å². The Morgan fingerprint density at radius 2 is 2.16 bits per heavy atom. The second-order valence-electron chi connectivity index (χ2n) is 4.27. The summed E-state index contributed by atoms with van der Waals surface area (Å²) in [5, 5.41) is 13.3. The van der Waals surface area contributed by atoms with Gasteiger partial charge >= 0.3 is 12.0 Å². The maximum atomic E-state index is 11.9. The maximum absolute atomic E-state index is 11.9. The van der Waals surface area contributed by atoms with Crippen LogP contribution in [-0.2, 0) is 14.4 Å². The lowest BCUT2D eigenvalue weighted by atomic mass is 10.1. The highest BCUT2D eigenvalue weighted by molar-refractivity contribution is 6.01. The Hall–Kier alpha value is -2.12. The number of carbonyl (C=O) groups excluding carboxylic acids is 3. The third kappa shape index (κ3) is 4.57. The van der Waals surface area contributed by atoms with Crippen LogP contribution in [0.1, 0.15) is 26.2 Å². The largest absolute Gasteiger partial charge is 0.480 e. The van der Waals surface area contributed by atoms with Gasteiger partial charge < -0.3 is 15.3 Å². The van der Waals surface area contributed by atoms with Crippen LogP contribution in [0.3, 0.4) is 0 Å². The molecule has 1 aliphatic rings. The minimum atomic E-state index is -1.12. The van der Waals surface area contributed by atoms with Gasteiger partial charge in [0.15, 0.2) is 0 Å². The molecule has 8 heteroatoms. The van der Waals surface area contributed by atoms with Gasteiger partial charge in [-0.1, -0.05) is 6.92 Å². The highest BCUT2D eigenvalue weighted by Crippen LogP contribution is 2.05. The molecule has 1 fully saturated rings. The van der Waals surface area contributed by atoms with E-state index < -0.39 is 30.5 Å². The topological polar surface area (TPSA) is 116 Å². The predicted octanol–water partition coefficient (Wildman–Crippen LogP) is -0.702. The van der Waals surface area contributed by atoms with E-state index in [1.807, 2.05) is 6.92 Å². The molecule has 3 N–H and O–H groups in total. The van der Waals surface area contributed by atoms with Crippen molar-refractivity contribution in [2.75, 3.05) is 13.1 Å². The van der Waals surface area contributed by atoms with Crippen LogP contribution in [-0.4, -0.2) is 53.0 Å². The van der Waals surface area contributed by atoms with E-state index in [-0.39, 0.29) is 25.3 Å². The summed E-state index contributed by atoms with van der Waals surface area (Å²) in [4.78, 5) is 46.0. The van der Waals surface area contributed by atoms with Crippen molar-refractivity contribution in [1.82, 2.24) is 15.5 Å². The second-order valence-corrected chi connectivity index (χ2v) is 4.27. The van der Waals surface area contributed by atoms with Gasteiger partial charge in [-0.2, -0.15) is 0 Å². The fraction of sp³-hybridized carbons (Fsp3) is 0.636. The van der Waals surface area contributed by atoms with E-state index in [9.17, 15) is 19.2 Å². The first-order valence-corrected chi connectivity index (χ1v) is 6.05. The molecule has 106 valence electrons. The van der Waals surface area contributed by atoms with E-state index in [1.165, 1.54) is 0 Å². The summed E-state index contributed by atoms with van der Waals surface area (Å²) in [5.41, 5.74) is 0. The average Bonchev–Trinajstić information content (AvgIpc) is 2.31. The number of hydrogen-bond donors (Lipinski definition) is 3. The first-order valence-electron chi connectivity index (χ1n) is 6.05. The van der Waals surface area contributed by atoms with Crippen LogP contribution < -0.4 is 10.6 Å². The first-order chi connectivity index (χ1) is 8.93. The molecule has 1 saturated heterocycles. The minimum absolute atomic E-state index is 0.156. The van der Waals surface area contributed by atoms with Crippen molar-refractivity contribution >= 4 is 23.8 Å². The number of amides is 4. The summed E-state index contributed by atoms with van der Waals surface area (Å²) >= 11 is 0. The number of nitrogens with one attached hydrogen (secondary N) is 2. The number of aliphatic carboxylic acids is 1. The zero-order valence-electron chi connectivity index (χ0n) is 10.6. The fourth-order valence-electron chi connectivity index (χ4n) is 1.76. The zero-order chi connectivity index (χ0) is 14.4. The molecular formula is C11H17N3O5. The number of carboxylic acid groups (broad SMARTS) is 1. The van der Waals surface area contributed by atoms with Crippen LogP contribution in [0.2, 0.25) is 0 Å². The average molecular weight is 271 g/mol. The molecule has 0 radical (unpaired) electrons. The van der Waals surface area contributed by atoms with Crippen molar-refractivity contribution in [3.63, 3.8) is 0 Å². The number of hydrogen-bond acceptors (Lipinski definition) is 4. The summed E-state index contributed by atoms with van der Waals surface area (Å²) in [7, 11) is 0. The molecule has 4 amide bonds. The third-order valence-electron chi connectivity index (χ3n) is 2.64. The number of nitrogens with zero attached hydrogens (tertiary/aromatic N) is 1. The van der Waals surface area contributed by atoms with Crippen molar-refractivity contribution in [2.24, 2.45) is 0 Å². The Morgan fingerprint density at radius 1 is 1.47 bits per heavy atom. The van der Waals surface area contributed by atoms with Gasteiger partial charge in [-0.15, -0.1) is 0 Å². The number of rotatable bonds is 5. The van der Waals surface area contributed by atoms with Gasteiger partial charge in [0.25, 0.3) is 0 Å². The van der Waals surface area contributed by atoms with Crippen molar-refractivity contribution in [2.45, 2.75) is 32.2 Å². The summed E-state index contributed by atoms with van der Waals surface area (Å²) < 4.78 is 0. The van der Waals surface area contributed by atoms with Crippen LogP contribution >= 0.6 is 0 Å². The molecule has 0 aromatic carbocycles. The highest BCUT2D eigenvalue weighted by Gasteiger charge is 2.29. The van der Waals surface area contributed by atoms with Gasteiger partial charge in [-0.25, -0.2) is 4.79 Å². The first kappa shape index (κ1) is 14.9. The SMILES string of the molecule is CCCN(CC(=O)O)C(=O)NC1CCC(=O)NC1=O.